The standard InChI is InChI=1S/C13H17FN4OS/c1-2-6-18-12(19)16-17-13(18)20-11(8-15)9-4-3-5-10(14)7-9/h3-5,7,11H,2,6,8,15H2,1H3,(H,16,19). The van der Waals surface area contributed by atoms with Crippen molar-refractivity contribution in [3.8, 4) is 0 Å². The minimum absolute atomic E-state index is 0.142. The molecule has 1 unspecified atom stereocenters. The van der Waals surface area contributed by atoms with Crippen molar-refractivity contribution in [3.05, 3.63) is 46.1 Å². The number of hydrogen-bond acceptors (Lipinski definition) is 4. The molecule has 0 spiro atoms. The third kappa shape index (κ3) is 3.29. The number of thioether (sulfide) groups is 1. The van der Waals surface area contributed by atoms with Crippen molar-refractivity contribution in [3.63, 3.8) is 0 Å². The van der Waals surface area contributed by atoms with E-state index in [-0.39, 0.29) is 16.8 Å². The number of aromatic nitrogens is 3. The smallest absolute Gasteiger partial charge is 0.329 e. The van der Waals surface area contributed by atoms with Gasteiger partial charge in [0, 0.05) is 18.3 Å². The van der Waals surface area contributed by atoms with Crippen LogP contribution in [0.25, 0.3) is 0 Å². The Balaban J connectivity index is 2.24. The summed E-state index contributed by atoms with van der Waals surface area (Å²) in [5, 5.41) is 6.88. The number of rotatable bonds is 6. The van der Waals surface area contributed by atoms with Crippen LogP contribution in [0.3, 0.4) is 0 Å². The molecule has 1 atom stereocenters. The van der Waals surface area contributed by atoms with Crippen molar-refractivity contribution in [2.24, 2.45) is 5.73 Å². The molecule has 0 radical (unpaired) electrons. The average molecular weight is 296 g/mol. The number of H-pyrrole nitrogens is 1. The minimum atomic E-state index is -0.297. The summed E-state index contributed by atoms with van der Waals surface area (Å²) < 4.78 is 14.9. The first kappa shape index (κ1) is 14.8. The van der Waals surface area contributed by atoms with E-state index in [0.29, 0.717) is 18.2 Å². The van der Waals surface area contributed by atoms with E-state index in [1.165, 1.54) is 23.9 Å². The number of aromatic amines is 1. The normalized spacial score (nSPS) is 12.6. The minimum Gasteiger partial charge on any atom is -0.329 e. The Bertz CT molecular complexity index is 625. The Morgan fingerprint density at radius 2 is 2.35 bits per heavy atom. The number of nitrogens with zero attached hydrogens (tertiary/aromatic N) is 2. The molecular formula is C13H17FN4OS. The van der Waals surface area contributed by atoms with E-state index >= 15 is 0 Å². The Kier molecular flexibility index (Phi) is 4.97. The molecule has 2 rings (SSSR count). The van der Waals surface area contributed by atoms with E-state index in [1.54, 1.807) is 10.6 Å². The molecular weight excluding hydrogens is 279 g/mol. The third-order valence-electron chi connectivity index (χ3n) is 2.85. The molecule has 1 heterocycles. The van der Waals surface area contributed by atoms with Gasteiger partial charge in [-0.2, -0.15) is 0 Å². The van der Waals surface area contributed by atoms with Crippen molar-refractivity contribution in [1.29, 1.82) is 0 Å². The lowest BCUT2D eigenvalue weighted by Gasteiger charge is -2.14. The molecule has 0 fully saturated rings. The van der Waals surface area contributed by atoms with Gasteiger partial charge in [0.25, 0.3) is 0 Å². The van der Waals surface area contributed by atoms with Crippen LogP contribution in [0, 0.1) is 5.82 Å². The Morgan fingerprint density at radius 3 is 3.00 bits per heavy atom. The van der Waals surface area contributed by atoms with Crippen LogP contribution in [0.1, 0.15) is 24.2 Å². The average Bonchev–Trinajstić information content (AvgIpc) is 2.78. The van der Waals surface area contributed by atoms with Crippen molar-refractivity contribution < 1.29 is 4.39 Å². The highest BCUT2D eigenvalue weighted by Crippen LogP contribution is 2.32. The van der Waals surface area contributed by atoms with Crippen LogP contribution in [-0.2, 0) is 6.54 Å². The summed E-state index contributed by atoms with van der Waals surface area (Å²) in [6, 6.07) is 6.32. The van der Waals surface area contributed by atoms with Crippen LogP contribution < -0.4 is 11.4 Å². The molecule has 3 N–H and O–H groups in total. The van der Waals surface area contributed by atoms with E-state index < -0.39 is 0 Å². The predicted octanol–water partition coefficient (Wildman–Crippen LogP) is 1.91. The molecule has 0 aliphatic carbocycles. The molecule has 0 amide bonds. The summed E-state index contributed by atoms with van der Waals surface area (Å²) in [7, 11) is 0. The maximum Gasteiger partial charge on any atom is 0.343 e. The Hall–Kier alpha value is -1.60. The number of nitrogens with two attached hydrogens (primary N) is 1. The molecule has 0 bridgehead atoms. The quantitative estimate of drug-likeness (QED) is 0.798. The van der Waals surface area contributed by atoms with Crippen LogP contribution in [-0.4, -0.2) is 21.3 Å². The first-order valence-electron chi connectivity index (χ1n) is 6.43. The molecule has 1 aromatic carbocycles. The van der Waals surface area contributed by atoms with Gasteiger partial charge in [0.1, 0.15) is 5.82 Å². The Morgan fingerprint density at radius 1 is 1.55 bits per heavy atom. The molecule has 7 heteroatoms. The van der Waals surface area contributed by atoms with E-state index in [9.17, 15) is 9.18 Å². The summed E-state index contributed by atoms with van der Waals surface area (Å²) in [4.78, 5) is 11.6. The lowest BCUT2D eigenvalue weighted by molar-refractivity contribution is 0.602. The summed E-state index contributed by atoms with van der Waals surface area (Å²) in [5.41, 5.74) is 6.32. The van der Waals surface area contributed by atoms with Crippen molar-refractivity contribution >= 4 is 11.8 Å². The van der Waals surface area contributed by atoms with Crippen molar-refractivity contribution in [2.45, 2.75) is 30.3 Å². The largest absolute Gasteiger partial charge is 0.343 e. The highest BCUT2D eigenvalue weighted by molar-refractivity contribution is 7.99. The van der Waals surface area contributed by atoms with Gasteiger partial charge in [-0.3, -0.25) is 4.57 Å². The summed E-state index contributed by atoms with van der Waals surface area (Å²) >= 11 is 1.37. The summed E-state index contributed by atoms with van der Waals surface area (Å²) in [5.74, 6) is -0.297. The highest BCUT2D eigenvalue weighted by Gasteiger charge is 2.17. The number of nitrogens with one attached hydrogen (secondary N) is 1. The number of halogens is 1. The monoisotopic (exact) mass is 296 g/mol. The second kappa shape index (κ2) is 6.71. The molecule has 0 aliphatic heterocycles. The van der Waals surface area contributed by atoms with Crippen LogP contribution in [0.5, 0.6) is 0 Å². The van der Waals surface area contributed by atoms with Gasteiger partial charge in [-0.15, -0.1) is 5.10 Å². The molecule has 1 aromatic heterocycles. The fourth-order valence-electron chi connectivity index (χ4n) is 1.90. The SMILES string of the molecule is CCCn1c(SC(CN)c2cccc(F)c2)n[nH]c1=O. The Labute approximate surface area is 120 Å². The zero-order valence-electron chi connectivity index (χ0n) is 11.2. The zero-order valence-corrected chi connectivity index (χ0v) is 12.0. The molecule has 5 nitrogen and oxygen atoms in total. The van der Waals surface area contributed by atoms with E-state index in [4.69, 9.17) is 5.73 Å². The van der Waals surface area contributed by atoms with Crippen molar-refractivity contribution in [2.75, 3.05) is 6.54 Å². The highest BCUT2D eigenvalue weighted by atomic mass is 32.2. The van der Waals surface area contributed by atoms with E-state index in [1.807, 2.05) is 13.0 Å². The number of benzene rings is 1. The summed E-state index contributed by atoms with van der Waals surface area (Å²) in [6.45, 7) is 2.92. The van der Waals surface area contributed by atoms with Gasteiger partial charge in [-0.1, -0.05) is 30.8 Å². The summed E-state index contributed by atoms with van der Waals surface area (Å²) in [6.07, 6.45) is 0.834. The molecule has 0 aliphatic rings. The fraction of sp³-hybridized carbons (Fsp3) is 0.385. The van der Waals surface area contributed by atoms with Crippen molar-refractivity contribution in [1.82, 2.24) is 14.8 Å². The van der Waals surface area contributed by atoms with Gasteiger partial charge >= 0.3 is 5.69 Å². The second-order valence-corrected chi connectivity index (χ2v) is 5.53. The molecule has 0 saturated heterocycles. The topological polar surface area (TPSA) is 76.7 Å². The van der Waals surface area contributed by atoms with Gasteiger partial charge in [-0.05, 0) is 24.1 Å². The van der Waals surface area contributed by atoms with Gasteiger partial charge in [0.2, 0.25) is 0 Å². The zero-order chi connectivity index (χ0) is 14.5. The van der Waals surface area contributed by atoms with Gasteiger partial charge in [0.15, 0.2) is 5.16 Å². The molecule has 108 valence electrons. The predicted molar refractivity (Wildman–Crippen MR) is 77.2 cm³/mol. The maximum atomic E-state index is 13.3. The lowest BCUT2D eigenvalue weighted by Crippen LogP contribution is -2.18. The molecule has 20 heavy (non-hydrogen) atoms. The lowest BCUT2D eigenvalue weighted by atomic mass is 10.1. The van der Waals surface area contributed by atoms with Gasteiger partial charge in [-0.25, -0.2) is 14.3 Å². The van der Waals surface area contributed by atoms with E-state index in [2.05, 4.69) is 10.2 Å². The van der Waals surface area contributed by atoms with Gasteiger partial charge < -0.3 is 5.73 Å². The second-order valence-electron chi connectivity index (χ2n) is 4.36. The third-order valence-corrected chi connectivity index (χ3v) is 4.12. The first-order chi connectivity index (χ1) is 9.65. The fourth-order valence-corrected chi connectivity index (χ4v) is 2.93. The molecule has 0 saturated carbocycles. The van der Waals surface area contributed by atoms with Gasteiger partial charge in [0.05, 0.1) is 0 Å². The first-order valence-corrected chi connectivity index (χ1v) is 7.31. The van der Waals surface area contributed by atoms with Crippen LogP contribution in [0.2, 0.25) is 0 Å². The maximum absolute atomic E-state index is 13.3. The van der Waals surface area contributed by atoms with E-state index in [0.717, 1.165) is 12.0 Å². The van der Waals surface area contributed by atoms with Crippen LogP contribution in [0.15, 0.2) is 34.2 Å². The molecule has 2 aromatic rings. The number of hydrogen-bond donors (Lipinski definition) is 2. The van der Waals surface area contributed by atoms with Crippen LogP contribution in [0.4, 0.5) is 4.39 Å². The van der Waals surface area contributed by atoms with Crippen LogP contribution >= 0.6 is 11.8 Å².